The van der Waals surface area contributed by atoms with E-state index in [4.69, 9.17) is 9.47 Å². The van der Waals surface area contributed by atoms with Crippen LogP contribution in [0.15, 0.2) is 0 Å². The number of rotatable bonds is 2. The van der Waals surface area contributed by atoms with E-state index in [1.54, 1.807) is 0 Å². The number of thiol groups is 1. The first-order chi connectivity index (χ1) is 7.98. The van der Waals surface area contributed by atoms with E-state index in [1.807, 2.05) is 20.8 Å². The topological polar surface area (TPSA) is 51.6 Å². The number of hydrogen-bond acceptors (Lipinski definition) is 5. The minimum atomic E-state index is -0.644. The van der Waals surface area contributed by atoms with Crippen LogP contribution in [0.2, 0.25) is 0 Å². The van der Waals surface area contributed by atoms with Crippen molar-refractivity contribution in [3.63, 3.8) is 0 Å². The van der Waals surface area contributed by atoms with Gasteiger partial charge in [-0.2, -0.15) is 12.6 Å². The molecule has 0 atom stereocenters. The summed E-state index contributed by atoms with van der Waals surface area (Å²) < 4.78 is 11.4. The van der Waals surface area contributed by atoms with E-state index in [-0.39, 0.29) is 6.61 Å². The minimum Gasteiger partial charge on any atom is -0.461 e. The number of nitrogens with zero attached hydrogens (tertiary/aromatic N) is 1. The highest BCUT2D eigenvalue weighted by molar-refractivity contribution is 7.79. The molecular weight excluding hydrogens is 238 g/mol. The summed E-state index contributed by atoms with van der Waals surface area (Å²) in [6.07, 6.45) is 0. The Hall–Kier alpha value is -0.780. The van der Waals surface area contributed by atoms with Gasteiger partial charge in [0.2, 0.25) is 5.79 Å². The molecule has 0 saturated heterocycles. The van der Waals surface area contributed by atoms with Crippen molar-refractivity contribution in [2.75, 3.05) is 0 Å². The number of ether oxygens (including phenoxy) is 2. The van der Waals surface area contributed by atoms with Gasteiger partial charge in [0.05, 0.1) is 24.6 Å². The van der Waals surface area contributed by atoms with E-state index in [2.05, 4.69) is 17.6 Å². The highest BCUT2D eigenvalue weighted by Crippen LogP contribution is 2.36. The van der Waals surface area contributed by atoms with E-state index < -0.39 is 5.79 Å². The summed E-state index contributed by atoms with van der Waals surface area (Å²) in [5.74, 6) is 0.582. The molecule has 0 aromatic carbocycles. The van der Waals surface area contributed by atoms with Crippen molar-refractivity contribution in [3.05, 3.63) is 22.5 Å². The first kappa shape index (κ1) is 12.7. The standard InChI is InChI=1S/C12H17NO3S/c1-7-11-9(5-15-12(2,3)16-11)8(4-14)10(6-17)13-7/h14,17H,4-6H2,1-3H3. The maximum absolute atomic E-state index is 9.44. The highest BCUT2D eigenvalue weighted by Gasteiger charge is 2.31. The van der Waals surface area contributed by atoms with Gasteiger partial charge in [0.15, 0.2) is 0 Å². The number of hydrogen-bond donors (Lipinski definition) is 2. The lowest BCUT2D eigenvalue weighted by molar-refractivity contribution is -0.181. The number of fused-ring (bicyclic) bond motifs is 1. The molecule has 2 heterocycles. The van der Waals surface area contributed by atoms with Crippen molar-refractivity contribution < 1.29 is 14.6 Å². The highest BCUT2D eigenvalue weighted by atomic mass is 32.1. The average molecular weight is 255 g/mol. The molecule has 1 aromatic rings. The van der Waals surface area contributed by atoms with Gasteiger partial charge in [-0.05, 0) is 6.92 Å². The van der Waals surface area contributed by atoms with Crippen LogP contribution in [0.1, 0.15) is 36.4 Å². The molecule has 0 saturated carbocycles. The maximum atomic E-state index is 9.44. The van der Waals surface area contributed by atoms with Crippen molar-refractivity contribution in [2.24, 2.45) is 0 Å². The lowest BCUT2D eigenvalue weighted by Crippen LogP contribution is -2.36. The van der Waals surface area contributed by atoms with Crippen LogP contribution in [0.5, 0.6) is 5.75 Å². The second-order valence-electron chi connectivity index (χ2n) is 4.54. The SMILES string of the molecule is Cc1nc(CS)c(CO)c2c1OC(C)(C)OC2. The molecule has 5 heteroatoms. The quantitative estimate of drug-likeness (QED) is 0.793. The minimum absolute atomic E-state index is 0.0708. The first-order valence-corrected chi connectivity index (χ1v) is 6.17. The van der Waals surface area contributed by atoms with Crippen LogP contribution in [-0.4, -0.2) is 15.9 Å². The fourth-order valence-electron chi connectivity index (χ4n) is 1.98. The van der Waals surface area contributed by atoms with Crippen molar-refractivity contribution in [1.29, 1.82) is 0 Å². The van der Waals surface area contributed by atoms with E-state index in [0.29, 0.717) is 12.4 Å². The van der Waals surface area contributed by atoms with Crippen LogP contribution < -0.4 is 4.74 Å². The molecule has 94 valence electrons. The molecule has 0 unspecified atom stereocenters. The molecule has 1 aliphatic heterocycles. The summed E-state index contributed by atoms with van der Waals surface area (Å²) >= 11 is 4.23. The summed E-state index contributed by atoms with van der Waals surface area (Å²) in [5.41, 5.74) is 3.27. The molecule has 2 rings (SSSR count). The zero-order valence-electron chi connectivity index (χ0n) is 10.3. The van der Waals surface area contributed by atoms with Gasteiger partial charge >= 0.3 is 0 Å². The Bertz CT molecular complexity index is 446. The lowest BCUT2D eigenvalue weighted by atomic mass is 10.0. The van der Waals surface area contributed by atoms with Gasteiger partial charge < -0.3 is 14.6 Å². The van der Waals surface area contributed by atoms with Gasteiger partial charge in [-0.25, -0.2) is 0 Å². The van der Waals surface area contributed by atoms with Gasteiger partial charge in [-0.3, -0.25) is 4.98 Å². The third kappa shape index (κ3) is 2.27. The van der Waals surface area contributed by atoms with Gasteiger partial charge in [0, 0.05) is 30.7 Å². The lowest BCUT2D eigenvalue weighted by Gasteiger charge is -2.34. The van der Waals surface area contributed by atoms with E-state index in [1.165, 1.54) is 0 Å². The summed E-state index contributed by atoms with van der Waals surface area (Å²) in [4.78, 5) is 4.42. The second kappa shape index (κ2) is 4.48. The average Bonchev–Trinajstić information content (AvgIpc) is 2.28. The van der Waals surface area contributed by atoms with Crippen LogP contribution in [0.4, 0.5) is 0 Å². The van der Waals surface area contributed by atoms with Crippen molar-refractivity contribution >= 4 is 12.6 Å². The molecule has 0 fully saturated rings. The van der Waals surface area contributed by atoms with Gasteiger partial charge in [-0.1, -0.05) is 0 Å². The van der Waals surface area contributed by atoms with E-state index >= 15 is 0 Å². The number of aromatic nitrogens is 1. The Labute approximate surface area is 106 Å². The number of aliphatic hydroxyl groups excluding tert-OH is 1. The fraction of sp³-hybridized carbons (Fsp3) is 0.583. The molecule has 4 nitrogen and oxygen atoms in total. The smallest absolute Gasteiger partial charge is 0.205 e. The summed E-state index contributed by atoms with van der Waals surface area (Å²) in [6.45, 7) is 5.98. The van der Waals surface area contributed by atoms with E-state index in [9.17, 15) is 5.11 Å². The Morgan fingerprint density at radius 2 is 2.18 bits per heavy atom. The predicted molar refractivity (Wildman–Crippen MR) is 67.1 cm³/mol. The molecule has 1 aromatic heterocycles. The van der Waals surface area contributed by atoms with Crippen LogP contribution in [0.3, 0.4) is 0 Å². The Morgan fingerprint density at radius 3 is 2.76 bits per heavy atom. The molecular formula is C12H17NO3S. The Morgan fingerprint density at radius 1 is 1.47 bits per heavy atom. The monoisotopic (exact) mass is 255 g/mol. The largest absolute Gasteiger partial charge is 0.461 e. The number of pyridine rings is 1. The first-order valence-electron chi connectivity index (χ1n) is 5.54. The molecule has 0 bridgehead atoms. The predicted octanol–water partition coefficient (Wildman–Crippen LogP) is 1.96. The van der Waals surface area contributed by atoms with Crippen molar-refractivity contribution in [1.82, 2.24) is 4.98 Å². The number of aryl methyl sites for hydroxylation is 1. The van der Waals surface area contributed by atoms with Gasteiger partial charge in [0.25, 0.3) is 0 Å². The Kier molecular flexibility index (Phi) is 3.34. The van der Waals surface area contributed by atoms with Crippen LogP contribution >= 0.6 is 12.6 Å². The van der Waals surface area contributed by atoms with Gasteiger partial charge in [0.1, 0.15) is 5.75 Å². The molecule has 17 heavy (non-hydrogen) atoms. The molecule has 0 spiro atoms. The van der Waals surface area contributed by atoms with Crippen LogP contribution in [-0.2, 0) is 23.7 Å². The van der Waals surface area contributed by atoms with E-state index in [0.717, 1.165) is 28.3 Å². The molecule has 0 aliphatic carbocycles. The summed E-state index contributed by atoms with van der Waals surface area (Å²) in [5, 5.41) is 9.44. The molecule has 0 radical (unpaired) electrons. The fourth-order valence-corrected chi connectivity index (χ4v) is 2.24. The third-order valence-electron chi connectivity index (χ3n) is 2.84. The molecule has 1 N–H and O–H groups in total. The van der Waals surface area contributed by atoms with Gasteiger partial charge in [-0.15, -0.1) is 0 Å². The van der Waals surface area contributed by atoms with Crippen molar-refractivity contribution in [2.45, 2.75) is 45.5 Å². The Balaban J connectivity index is 2.57. The molecule has 1 aliphatic rings. The second-order valence-corrected chi connectivity index (χ2v) is 4.85. The van der Waals surface area contributed by atoms with Crippen LogP contribution in [0, 0.1) is 6.92 Å². The third-order valence-corrected chi connectivity index (χ3v) is 3.14. The number of aliphatic hydroxyl groups is 1. The summed E-state index contributed by atoms with van der Waals surface area (Å²) in [7, 11) is 0. The normalized spacial score (nSPS) is 17.5. The zero-order chi connectivity index (χ0) is 12.6. The van der Waals surface area contributed by atoms with Crippen molar-refractivity contribution in [3.8, 4) is 5.75 Å². The summed E-state index contributed by atoms with van der Waals surface area (Å²) in [6, 6.07) is 0. The van der Waals surface area contributed by atoms with Crippen LogP contribution in [0.25, 0.3) is 0 Å². The molecule has 0 amide bonds. The zero-order valence-corrected chi connectivity index (χ0v) is 11.2. The maximum Gasteiger partial charge on any atom is 0.205 e.